The highest BCUT2D eigenvalue weighted by molar-refractivity contribution is 5.37. The molecule has 0 amide bonds. The molecule has 0 unspecified atom stereocenters. The summed E-state index contributed by atoms with van der Waals surface area (Å²) in [4.78, 5) is 2.42. The van der Waals surface area contributed by atoms with Crippen LogP contribution in [0.15, 0.2) is 18.2 Å². The molecule has 1 heterocycles. The molecule has 0 saturated carbocycles. The van der Waals surface area contributed by atoms with Gasteiger partial charge in [0.2, 0.25) is 0 Å². The van der Waals surface area contributed by atoms with Gasteiger partial charge in [-0.05, 0) is 31.5 Å². The first-order valence-corrected chi connectivity index (χ1v) is 6.76. The van der Waals surface area contributed by atoms with E-state index in [4.69, 9.17) is 15.2 Å². The maximum atomic E-state index is 5.76. The van der Waals surface area contributed by atoms with Crippen LogP contribution >= 0.6 is 0 Å². The third kappa shape index (κ3) is 3.69. The van der Waals surface area contributed by atoms with Crippen molar-refractivity contribution < 1.29 is 9.47 Å². The molecule has 4 heteroatoms. The normalized spacial score (nSPS) is 19.4. The Morgan fingerprint density at radius 1 is 1.42 bits per heavy atom. The molecule has 1 aliphatic rings. The van der Waals surface area contributed by atoms with Crippen molar-refractivity contribution in [3.8, 4) is 5.75 Å². The highest BCUT2D eigenvalue weighted by Crippen LogP contribution is 2.22. The Morgan fingerprint density at radius 2 is 2.21 bits per heavy atom. The zero-order chi connectivity index (χ0) is 13.9. The summed E-state index contributed by atoms with van der Waals surface area (Å²) < 4.78 is 11.0. The zero-order valence-electron chi connectivity index (χ0n) is 12.1. The minimum atomic E-state index is -0.0541. The van der Waals surface area contributed by atoms with Gasteiger partial charge in [0.05, 0.1) is 19.3 Å². The van der Waals surface area contributed by atoms with Gasteiger partial charge < -0.3 is 15.2 Å². The Labute approximate surface area is 115 Å². The number of methoxy groups -OCH3 is 1. The van der Waals surface area contributed by atoms with E-state index in [1.165, 1.54) is 5.56 Å². The van der Waals surface area contributed by atoms with Gasteiger partial charge in [-0.25, -0.2) is 0 Å². The monoisotopic (exact) mass is 264 g/mol. The summed E-state index contributed by atoms with van der Waals surface area (Å²) in [5, 5.41) is 0. The van der Waals surface area contributed by atoms with E-state index in [0.717, 1.165) is 37.6 Å². The second kappa shape index (κ2) is 5.90. The molecule has 0 aromatic heterocycles. The third-order valence-electron chi connectivity index (χ3n) is 3.48. The van der Waals surface area contributed by atoms with E-state index in [2.05, 4.69) is 30.9 Å². The molecule has 0 spiro atoms. The molecule has 0 bridgehead atoms. The first-order valence-electron chi connectivity index (χ1n) is 6.76. The Bertz CT molecular complexity index is 432. The van der Waals surface area contributed by atoms with Crippen molar-refractivity contribution in [2.45, 2.75) is 32.5 Å². The van der Waals surface area contributed by atoms with Crippen molar-refractivity contribution in [3.63, 3.8) is 0 Å². The highest BCUT2D eigenvalue weighted by Gasteiger charge is 2.27. The fraction of sp³-hybridized carbons (Fsp3) is 0.600. The maximum Gasteiger partial charge on any atom is 0.123 e. The topological polar surface area (TPSA) is 47.7 Å². The van der Waals surface area contributed by atoms with Crippen LogP contribution < -0.4 is 10.5 Å². The molecule has 4 nitrogen and oxygen atoms in total. The lowest BCUT2D eigenvalue weighted by atomic mass is 10.1. The average molecular weight is 264 g/mol. The fourth-order valence-corrected chi connectivity index (χ4v) is 2.60. The van der Waals surface area contributed by atoms with Gasteiger partial charge in [-0.2, -0.15) is 0 Å². The van der Waals surface area contributed by atoms with E-state index in [0.29, 0.717) is 6.54 Å². The van der Waals surface area contributed by atoms with Crippen molar-refractivity contribution in [1.82, 2.24) is 4.90 Å². The Kier molecular flexibility index (Phi) is 4.45. The number of hydrogen-bond acceptors (Lipinski definition) is 4. The van der Waals surface area contributed by atoms with Crippen molar-refractivity contribution in [2.24, 2.45) is 5.73 Å². The van der Waals surface area contributed by atoms with Gasteiger partial charge in [0, 0.05) is 31.7 Å². The molecule has 1 aromatic carbocycles. The van der Waals surface area contributed by atoms with Crippen LogP contribution in [0, 0.1) is 0 Å². The molecule has 1 saturated heterocycles. The molecule has 1 fully saturated rings. The van der Waals surface area contributed by atoms with E-state index >= 15 is 0 Å². The molecule has 1 aromatic rings. The summed E-state index contributed by atoms with van der Waals surface area (Å²) in [5.74, 6) is 0.869. The fourth-order valence-electron chi connectivity index (χ4n) is 2.60. The number of nitrogens with zero attached hydrogens (tertiary/aromatic N) is 1. The maximum absolute atomic E-state index is 5.76. The molecule has 0 radical (unpaired) electrons. The van der Waals surface area contributed by atoms with Gasteiger partial charge in [-0.15, -0.1) is 0 Å². The number of ether oxygens (including phenoxy) is 2. The summed E-state index contributed by atoms with van der Waals surface area (Å²) >= 11 is 0. The lowest BCUT2D eigenvalue weighted by Crippen LogP contribution is -2.47. The molecular weight excluding hydrogens is 240 g/mol. The predicted molar refractivity (Wildman–Crippen MR) is 76.2 cm³/mol. The second-order valence-corrected chi connectivity index (χ2v) is 5.67. The summed E-state index contributed by atoms with van der Waals surface area (Å²) in [6, 6.07) is 6.25. The zero-order valence-corrected chi connectivity index (χ0v) is 12.1. The van der Waals surface area contributed by atoms with E-state index < -0.39 is 0 Å². The van der Waals surface area contributed by atoms with Crippen LogP contribution in [-0.4, -0.2) is 37.3 Å². The van der Waals surface area contributed by atoms with Gasteiger partial charge in [-0.1, -0.05) is 6.07 Å². The first-order chi connectivity index (χ1) is 9.04. The average Bonchev–Trinajstić information content (AvgIpc) is 2.37. The van der Waals surface area contributed by atoms with Gasteiger partial charge in [0.15, 0.2) is 0 Å². The number of morpholine rings is 1. The van der Waals surface area contributed by atoms with Crippen molar-refractivity contribution >= 4 is 0 Å². The minimum Gasteiger partial charge on any atom is -0.496 e. The first kappa shape index (κ1) is 14.3. The summed E-state index contributed by atoms with van der Waals surface area (Å²) in [6.07, 6.45) is 0. The Balaban J connectivity index is 2.06. The van der Waals surface area contributed by atoms with Crippen LogP contribution in [-0.2, 0) is 17.8 Å². The van der Waals surface area contributed by atoms with Crippen LogP contribution in [0.25, 0.3) is 0 Å². The second-order valence-electron chi connectivity index (χ2n) is 5.67. The molecule has 0 atom stereocenters. The van der Waals surface area contributed by atoms with Crippen LogP contribution in [0.2, 0.25) is 0 Å². The summed E-state index contributed by atoms with van der Waals surface area (Å²) in [6.45, 7) is 8.45. The van der Waals surface area contributed by atoms with Crippen molar-refractivity contribution in [1.29, 1.82) is 0 Å². The van der Waals surface area contributed by atoms with Gasteiger partial charge in [0.25, 0.3) is 0 Å². The third-order valence-corrected chi connectivity index (χ3v) is 3.48. The molecule has 1 aliphatic heterocycles. The largest absolute Gasteiger partial charge is 0.496 e. The molecule has 2 N–H and O–H groups in total. The standard InChI is InChI=1S/C15H24N2O2/c1-15(2)11-17(6-7-19-15)10-12-4-5-14(18-3)13(8-12)9-16/h4-5,8H,6-7,9-11,16H2,1-3H3. The van der Waals surface area contributed by atoms with Crippen LogP contribution in [0.1, 0.15) is 25.0 Å². The van der Waals surface area contributed by atoms with Crippen molar-refractivity contribution in [2.75, 3.05) is 26.8 Å². The Hall–Kier alpha value is -1.10. The molecule has 106 valence electrons. The summed E-state index contributed by atoms with van der Waals surface area (Å²) in [5.41, 5.74) is 8.04. The van der Waals surface area contributed by atoms with Gasteiger partial charge in [-0.3, -0.25) is 4.90 Å². The van der Waals surface area contributed by atoms with Crippen LogP contribution in [0.3, 0.4) is 0 Å². The van der Waals surface area contributed by atoms with Crippen LogP contribution in [0.5, 0.6) is 5.75 Å². The van der Waals surface area contributed by atoms with E-state index in [9.17, 15) is 0 Å². The van der Waals surface area contributed by atoms with Crippen LogP contribution in [0.4, 0.5) is 0 Å². The summed E-state index contributed by atoms with van der Waals surface area (Å²) in [7, 11) is 1.68. The molecule has 19 heavy (non-hydrogen) atoms. The number of nitrogens with two attached hydrogens (primary N) is 1. The molecular formula is C15H24N2O2. The molecule has 2 rings (SSSR count). The quantitative estimate of drug-likeness (QED) is 0.900. The number of rotatable bonds is 4. The predicted octanol–water partition coefficient (Wildman–Crippen LogP) is 1.76. The Morgan fingerprint density at radius 3 is 2.84 bits per heavy atom. The lowest BCUT2D eigenvalue weighted by molar-refractivity contribution is -0.0882. The van der Waals surface area contributed by atoms with Gasteiger partial charge in [0.1, 0.15) is 5.75 Å². The van der Waals surface area contributed by atoms with Crippen molar-refractivity contribution in [3.05, 3.63) is 29.3 Å². The number of hydrogen-bond donors (Lipinski definition) is 1. The van der Waals surface area contributed by atoms with E-state index in [-0.39, 0.29) is 5.60 Å². The van der Waals surface area contributed by atoms with Gasteiger partial charge >= 0.3 is 0 Å². The highest BCUT2D eigenvalue weighted by atomic mass is 16.5. The van der Waals surface area contributed by atoms with E-state index in [1.54, 1.807) is 7.11 Å². The lowest BCUT2D eigenvalue weighted by Gasteiger charge is -2.38. The SMILES string of the molecule is COc1ccc(CN2CCOC(C)(C)C2)cc1CN. The molecule has 0 aliphatic carbocycles. The smallest absolute Gasteiger partial charge is 0.123 e. The van der Waals surface area contributed by atoms with E-state index in [1.807, 2.05) is 6.07 Å². The number of benzene rings is 1. The minimum absolute atomic E-state index is 0.0541.